The second kappa shape index (κ2) is 9.39. The van der Waals surface area contributed by atoms with Crippen LogP contribution in [0.15, 0.2) is 42.5 Å². The Bertz CT molecular complexity index is 1200. The van der Waals surface area contributed by atoms with Crippen molar-refractivity contribution in [2.45, 2.75) is 33.1 Å². The SMILES string of the molecule is Cc1cc(C(=O)COC(=O)COc2ccc3c(c2)CCC3)c(C)n1-c1ccc(Cl)c(Cl)c1. The Hall–Kier alpha value is -2.76. The van der Waals surface area contributed by atoms with Crippen LogP contribution in [0.5, 0.6) is 5.75 Å². The smallest absolute Gasteiger partial charge is 0.344 e. The number of aromatic nitrogens is 1. The monoisotopic (exact) mass is 471 g/mol. The molecule has 1 aliphatic rings. The van der Waals surface area contributed by atoms with Crippen LogP contribution in [0.25, 0.3) is 5.69 Å². The van der Waals surface area contributed by atoms with Gasteiger partial charge < -0.3 is 14.0 Å². The lowest BCUT2D eigenvalue weighted by atomic mass is 10.1. The van der Waals surface area contributed by atoms with Crippen LogP contribution in [-0.2, 0) is 22.4 Å². The molecule has 0 unspecified atom stereocenters. The second-order valence-corrected chi connectivity index (χ2v) is 8.69. The number of esters is 1. The minimum atomic E-state index is -0.586. The van der Waals surface area contributed by atoms with Crippen molar-refractivity contribution < 1.29 is 19.1 Å². The molecule has 1 aliphatic carbocycles. The minimum Gasteiger partial charge on any atom is -0.482 e. The van der Waals surface area contributed by atoms with E-state index in [9.17, 15) is 9.59 Å². The predicted molar refractivity (Wildman–Crippen MR) is 125 cm³/mol. The average Bonchev–Trinajstić information content (AvgIpc) is 3.36. The molecule has 3 aromatic rings. The topological polar surface area (TPSA) is 57.5 Å². The molecule has 7 heteroatoms. The van der Waals surface area contributed by atoms with Gasteiger partial charge in [-0.1, -0.05) is 29.3 Å². The highest BCUT2D eigenvalue weighted by Gasteiger charge is 2.19. The molecule has 1 heterocycles. The van der Waals surface area contributed by atoms with Gasteiger partial charge in [-0.3, -0.25) is 4.79 Å². The summed E-state index contributed by atoms with van der Waals surface area (Å²) >= 11 is 12.2. The largest absolute Gasteiger partial charge is 0.482 e. The summed E-state index contributed by atoms with van der Waals surface area (Å²) < 4.78 is 12.6. The van der Waals surface area contributed by atoms with Gasteiger partial charge in [-0.15, -0.1) is 0 Å². The fourth-order valence-electron chi connectivity index (χ4n) is 4.11. The molecule has 0 bridgehead atoms. The zero-order valence-corrected chi connectivity index (χ0v) is 19.4. The molecule has 0 saturated carbocycles. The van der Waals surface area contributed by atoms with Crippen LogP contribution in [0.4, 0.5) is 0 Å². The number of carbonyl (C=O) groups excluding carboxylic acids is 2. The quantitative estimate of drug-likeness (QED) is 0.327. The number of ketones is 1. The van der Waals surface area contributed by atoms with Crippen molar-refractivity contribution in [3.05, 3.63) is 80.6 Å². The average molecular weight is 472 g/mol. The molecule has 0 saturated heterocycles. The first-order chi connectivity index (χ1) is 15.3. The third-order valence-electron chi connectivity index (χ3n) is 5.68. The molecule has 166 valence electrons. The molecule has 0 spiro atoms. The van der Waals surface area contributed by atoms with Gasteiger partial charge in [-0.25, -0.2) is 4.79 Å². The molecule has 5 nitrogen and oxygen atoms in total. The Morgan fingerprint density at radius 2 is 1.72 bits per heavy atom. The van der Waals surface area contributed by atoms with E-state index in [2.05, 4.69) is 0 Å². The molecule has 0 atom stereocenters. The van der Waals surface area contributed by atoms with Gasteiger partial charge in [0.05, 0.1) is 10.0 Å². The van der Waals surface area contributed by atoms with Gasteiger partial charge in [0.25, 0.3) is 0 Å². The van der Waals surface area contributed by atoms with Crippen molar-refractivity contribution in [2.75, 3.05) is 13.2 Å². The summed E-state index contributed by atoms with van der Waals surface area (Å²) in [6, 6.07) is 12.9. The molecule has 32 heavy (non-hydrogen) atoms. The minimum absolute atomic E-state index is 0.242. The van der Waals surface area contributed by atoms with Crippen LogP contribution in [0.1, 0.15) is 39.3 Å². The Morgan fingerprint density at radius 1 is 0.938 bits per heavy atom. The van der Waals surface area contributed by atoms with Crippen molar-refractivity contribution in [3.8, 4) is 11.4 Å². The summed E-state index contributed by atoms with van der Waals surface area (Å²) in [5, 5.41) is 0.894. The van der Waals surface area contributed by atoms with Gasteiger partial charge in [0.2, 0.25) is 5.78 Å². The lowest BCUT2D eigenvalue weighted by Gasteiger charge is -2.11. The van der Waals surface area contributed by atoms with Gasteiger partial charge in [0.1, 0.15) is 5.75 Å². The number of nitrogens with zero attached hydrogens (tertiary/aromatic N) is 1. The van der Waals surface area contributed by atoms with Gasteiger partial charge in [0, 0.05) is 22.6 Å². The van der Waals surface area contributed by atoms with Crippen LogP contribution in [-0.4, -0.2) is 29.5 Å². The van der Waals surface area contributed by atoms with E-state index in [0.717, 1.165) is 36.3 Å². The number of hydrogen-bond donors (Lipinski definition) is 0. The van der Waals surface area contributed by atoms with E-state index in [1.54, 1.807) is 18.2 Å². The zero-order valence-electron chi connectivity index (χ0n) is 17.9. The fraction of sp³-hybridized carbons (Fsp3) is 0.280. The number of fused-ring (bicyclic) bond motifs is 1. The number of Topliss-reactive ketones (excluding diaryl/α,β-unsaturated/α-hetero) is 1. The third-order valence-corrected chi connectivity index (χ3v) is 6.42. The highest BCUT2D eigenvalue weighted by Crippen LogP contribution is 2.28. The molecule has 2 aromatic carbocycles. The molecule has 1 aromatic heterocycles. The summed E-state index contributed by atoms with van der Waals surface area (Å²) in [7, 11) is 0. The van der Waals surface area contributed by atoms with Gasteiger partial charge in [-0.05, 0) is 80.6 Å². The predicted octanol–water partition coefficient (Wildman–Crippen LogP) is 5.69. The lowest BCUT2D eigenvalue weighted by Crippen LogP contribution is -2.20. The van der Waals surface area contributed by atoms with Crippen molar-refractivity contribution >= 4 is 35.0 Å². The van der Waals surface area contributed by atoms with E-state index in [1.807, 2.05) is 42.7 Å². The molecule has 0 amide bonds. The lowest BCUT2D eigenvalue weighted by molar-refractivity contribution is -0.144. The Kier molecular flexibility index (Phi) is 6.58. The van der Waals surface area contributed by atoms with E-state index in [-0.39, 0.29) is 19.0 Å². The molecular weight excluding hydrogens is 449 g/mol. The van der Waals surface area contributed by atoms with E-state index in [4.69, 9.17) is 32.7 Å². The molecule has 0 aliphatic heterocycles. The summed E-state index contributed by atoms with van der Waals surface area (Å²) in [6.07, 6.45) is 3.27. The molecule has 0 fully saturated rings. The van der Waals surface area contributed by atoms with Crippen molar-refractivity contribution in [1.82, 2.24) is 4.57 Å². The maximum atomic E-state index is 12.7. The Balaban J connectivity index is 1.36. The second-order valence-electron chi connectivity index (χ2n) is 7.88. The summed E-state index contributed by atoms with van der Waals surface area (Å²) in [6.45, 7) is 3.14. The number of rotatable bonds is 7. The van der Waals surface area contributed by atoms with Crippen molar-refractivity contribution in [3.63, 3.8) is 0 Å². The third kappa shape index (κ3) is 4.69. The number of ether oxygens (including phenoxy) is 2. The van der Waals surface area contributed by atoms with Crippen LogP contribution in [0, 0.1) is 13.8 Å². The van der Waals surface area contributed by atoms with Crippen LogP contribution < -0.4 is 4.74 Å². The molecule has 4 rings (SSSR count). The number of benzene rings is 2. The first kappa shape index (κ1) is 22.4. The molecule has 0 N–H and O–H groups in total. The van der Waals surface area contributed by atoms with Crippen molar-refractivity contribution in [2.24, 2.45) is 0 Å². The van der Waals surface area contributed by atoms with E-state index >= 15 is 0 Å². The van der Waals surface area contributed by atoms with E-state index in [0.29, 0.717) is 21.4 Å². The maximum absolute atomic E-state index is 12.7. The normalized spacial score (nSPS) is 12.5. The first-order valence-corrected chi connectivity index (χ1v) is 11.2. The number of halogens is 2. The highest BCUT2D eigenvalue weighted by molar-refractivity contribution is 6.42. The Morgan fingerprint density at radius 3 is 2.50 bits per heavy atom. The highest BCUT2D eigenvalue weighted by atomic mass is 35.5. The number of aryl methyl sites for hydroxylation is 3. The van der Waals surface area contributed by atoms with Crippen LogP contribution in [0.2, 0.25) is 10.0 Å². The standard InChI is InChI=1S/C25H23Cl2NO4/c1-15-10-21(16(2)28(15)19-7-9-22(26)23(27)12-19)24(29)13-32-25(30)14-31-20-8-6-17-4-3-5-18(17)11-20/h6-12H,3-5,13-14H2,1-2H3. The van der Waals surface area contributed by atoms with Crippen LogP contribution >= 0.6 is 23.2 Å². The number of hydrogen-bond acceptors (Lipinski definition) is 4. The van der Waals surface area contributed by atoms with Gasteiger partial charge in [0.15, 0.2) is 13.2 Å². The molecule has 0 radical (unpaired) electrons. The summed E-state index contributed by atoms with van der Waals surface area (Å²) in [4.78, 5) is 24.8. The number of carbonyl (C=O) groups is 2. The van der Waals surface area contributed by atoms with Gasteiger partial charge >= 0.3 is 5.97 Å². The Labute approximate surface area is 196 Å². The van der Waals surface area contributed by atoms with E-state index < -0.39 is 5.97 Å². The van der Waals surface area contributed by atoms with Gasteiger partial charge in [-0.2, -0.15) is 0 Å². The maximum Gasteiger partial charge on any atom is 0.344 e. The van der Waals surface area contributed by atoms with Crippen LogP contribution in [0.3, 0.4) is 0 Å². The summed E-state index contributed by atoms with van der Waals surface area (Å²) in [5.74, 6) is -0.230. The molecular formula is C25H23Cl2NO4. The fourth-order valence-corrected chi connectivity index (χ4v) is 4.40. The summed E-state index contributed by atoms with van der Waals surface area (Å²) in [5.41, 5.74) is 5.48. The zero-order chi connectivity index (χ0) is 22.8. The van der Waals surface area contributed by atoms with Crippen molar-refractivity contribution in [1.29, 1.82) is 0 Å². The first-order valence-electron chi connectivity index (χ1n) is 10.4. The van der Waals surface area contributed by atoms with E-state index in [1.165, 1.54) is 11.1 Å².